The van der Waals surface area contributed by atoms with E-state index in [1.54, 1.807) is 7.11 Å². The van der Waals surface area contributed by atoms with E-state index in [4.69, 9.17) is 14.6 Å². The zero-order chi connectivity index (χ0) is 16.8. The fourth-order valence-corrected chi connectivity index (χ4v) is 2.54. The molecule has 1 amide bonds. The Morgan fingerprint density at radius 1 is 1.30 bits per heavy atom. The maximum Gasteiger partial charge on any atom is 0.307 e. The molecule has 1 aromatic carbocycles. The third kappa shape index (κ3) is 4.61. The van der Waals surface area contributed by atoms with Gasteiger partial charge in [0.05, 0.1) is 25.6 Å². The molecule has 0 heterocycles. The van der Waals surface area contributed by atoms with Crippen LogP contribution in [0.15, 0.2) is 18.2 Å². The molecule has 1 aliphatic carbocycles. The van der Waals surface area contributed by atoms with Gasteiger partial charge < -0.3 is 19.9 Å². The van der Waals surface area contributed by atoms with Gasteiger partial charge in [-0.3, -0.25) is 9.59 Å². The van der Waals surface area contributed by atoms with Gasteiger partial charge in [0.25, 0.3) is 0 Å². The number of nitrogens with one attached hydrogen (secondary N) is 1. The van der Waals surface area contributed by atoms with Crippen molar-refractivity contribution in [1.29, 1.82) is 0 Å². The lowest BCUT2D eigenvalue weighted by atomic mass is 10.1. The Kier molecular flexibility index (Phi) is 5.84. The minimum absolute atomic E-state index is 0.151. The number of amides is 1. The van der Waals surface area contributed by atoms with Crippen LogP contribution >= 0.6 is 0 Å². The standard InChI is InChI=1S/C17H23NO5/c1-3-23-15-9-11(6-7-14(15)22-2)5-4-8-18-16(19)12-10-13(12)17(20)21/h6-7,9,12-13H,3-5,8,10H2,1-2H3,(H,18,19)(H,20,21)/t12-,13+/m1/s1. The van der Waals surface area contributed by atoms with Gasteiger partial charge in [-0.05, 0) is 43.9 Å². The second kappa shape index (κ2) is 7.85. The number of carbonyl (C=O) groups excluding carboxylic acids is 1. The van der Waals surface area contributed by atoms with Crippen LogP contribution in [0.1, 0.15) is 25.3 Å². The van der Waals surface area contributed by atoms with Crippen molar-refractivity contribution >= 4 is 11.9 Å². The van der Waals surface area contributed by atoms with Crippen molar-refractivity contribution in [2.75, 3.05) is 20.3 Å². The minimum atomic E-state index is -0.883. The molecule has 6 nitrogen and oxygen atoms in total. The topological polar surface area (TPSA) is 84.9 Å². The molecule has 0 radical (unpaired) electrons. The predicted octanol–water partition coefficient (Wildman–Crippen LogP) is 1.86. The molecule has 0 bridgehead atoms. The van der Waals surface area contributed by atoms with Gasteiger partial charge in [0.1, 0.15) is 0 Å². The van der Waals surface area contributed by atoms with Crippen LogP contribution in [0.25, 0.3) is 0 Å². The number of aryl methyl sites for hydroxylation is 1. The van der Waals surface area contributed by atoms with Crippen LogP contribution in [-0.4, -0.2) is 37.2 Å². The molecule has 23 heavy (non-hydrogen) atoms. The molecule has 0 saturated heterocycles. The van der Waals surface area contributed by atoms with Gasteiger partial charge in [0.2, 0.25) is 5.91 Å². The van der Waals surface area contributed by atoms with Crippen molar-refractivity contribution in [3.63, 3.8) is 0 Å². The molecular weight excluding hydrogens is 298 g/mol. The highest BCUT2D eigenvalue weighted by atomic mass is 16.5. The summed E-state index contributed by atoms with van der Waals surface area (Å²) in [6, 6.07) is 5.80. The Morgan fingerprint density at radius 3 is 2.70 bits per heavy atom. The Hall–Kier alpha value is -2.24. The molecule has 126 valence electrons. The number of carboxylic acid groups (broad SMARTS) is 1. The van der Waals surface area contributed by atoms with Gasteiger partial charge in [0.15, 0.2) is 11.5 Å². The first-order chi connectivity index (χ1) is 11.1. The zero-order valence-electron chi connectivity index (χ0n) is 13.5. The molecule has 2 atom stereocenters. The van der Waals surface area contributed by atoms with Crippen molar-refractivity contribution < 1.29 is 24.2 Å². The zero-order valence-corrected chi connectivity index (χ0v) is 13.5. The summed E-state index contributed by atoms with van der Waals surface area (Å²) in [6.07, 6.45) is 2.04. The van der Waals surface area contributed by atoms with E-state index >= 15 is 0 Å². The Morgan fingerprint density at radius 2 is 2.09 bits per heavy atom. The summed E-state index contributed by atoms with van der Waals surface area (Å²) in [5.74, 6) is -0.450. The Balaban J connectivity index is 1.75. The summed E-state index contributed by atoms with van der Waals surface area (Å²) in [7, 11) is 1.61. The number of methoxy groups -OCH3 is 1. The highest BCUT2D eigenvalue weighted by Crippen LogP contribution is 2.38. The van der Waals surface area contributed by atoms with E-state index in [1.165, 1.54) is 0 Å². The number of benzene rings is 1. The van der Waals surface area contributed by atoms with Gasteiger partial charge in [-0.2, -0.15) is 0 Å². The highest BCUT2D eigenvalue weighted by molar-refractivity contribution is 5.89. The molecule has 0 aliphatic heterocycles. The molecule has 2 N–H and O–H groups in total. The summed E-state index contributed by atoms with van der Waals surface area (Å²) >= 11 is 0. The van der Waals surface area contributed by atoms with Crippen LogP contribution in [0.5, 0.6) is 11.5 Å². The molecular formula is C17H23NO5. The van der Waals surface area contributed by atoms with Crippen LogP contribution in [0.3, 0.4) is 0 Å². The van der Waals surface area contributed by atoms with E-state index in [0.29, 0.717) is 25.3 Å². The number of hydrogen-bond acceptors (Lipinski definition) is 4. The molecule has 2 rings (SSSR count). The van der Waals surface area contributed by atoms with E-state index in [0.717, 1.165) is 24.2 Å². The first kappa shape index (κ1) is 17.1. The second-order valence-corrected chi connectivity index (χ2v) is 5.60. The maximum absolute atomic E-state index is 11.7. The Labute approximate surface area is 135 Å². The molecule has 0 aromatic heterocycles. The van der Waals surface area contributed by atoms with Gasteiger partial charge in [-0.25, -0.2) is 0 Å². The lowest BCUT2D eigenvalue weighted by Gasteiger charge is -2.11. The van der Waals surface area contributed by atoms with Crippen molar-refractivity contribution in [3.8, 4) is 11.5 Å². The summed E-state index contributed by atoms with van der Waals surface area (Å²) in [6.45, 7) is 3.03. The van der Waals surface area contributed by atoms with E-state index < -0.39 is 11.9 Å². The minimum Gasteiger partial charge on any atom is -0.493 e. The third-order valence-electron chi connectivity index (χ3n) is 3.91. The van der Waals surface area contributed by atoms with Crippen molar-refractivity contribution in [2.45, 2.75) is 26.2 Å². The predicted molar refractivity (Wildman–Crippen MR) is 84.7 cm³/mol. The number of aliphatic carboxylic acids is 1. The van der Waals surface area contributed by atoms with E-state index in [2.05, 4.69) is 5.32 Å². The van der Waals surface area contributed by atoms with E-state index in [-0.39, 0.29) is 11.8 Å². The lowest BCUT2D eigenvalue weighted by Crippen LogP contribution is -2.27. The van der Waals surface area contributed by atoms with Crippen molar-refractivity contribution in [3.05, 3.63) is 23.8 Å². The number of carbonyl (C=O) groups is 2. The van der Waals surface area contributed by atoms with Crippen molar-refractivity contribution in [2.24, 2.45) is 11.8 Å². The first-order valence-corrected chi connectivity index (χ1v) is 7.87. The average Bonchev–Trinajstić information content (AvgIpc) is 3.33. The molecule has 1 aromatic rings. The van der Waals surface area contributed by atoms with Gasteiger partial charge in [-0.1, -0.05) is 6.07 Å². The first-order valence-electron chi connectivity index (χ1n) is 7.87. The lowest BCUT2D eigenvalue weighted by molar-refractivity contribution is -0.140. The van der Waals surface area contributed by atoms with Crippen molar-refractivity contribution in [1.82, 2.24) is 5.32 Å². The van der Waals surface area contributed by atoms with Crippen LogP contribution in [0.2, 0.25) is 0 Å². The van der Waals surface area contributed by atoms with Gasteiger partial charge >= 0.3 is 5.97 Å². The molecule has 0 unspecified atom stereocenters. The second-order valence-electron chi connectivity index (χ2n) is 5.60. The largest absolute Gasteiger partial charge is 0.493 e. The number of rotatable bonds is 9. The summed E-state index contributed by atoms with van der Waals surface area (Å²) in [5, 5.41) is 11.6. The molecule has 0 spiro atoms. The fourth-order valence-electron chi connectivity index (χ4n) is 2.54. The number of ether oxygens (including phenoxy) is 2. The fraction of sp³-hybridized carbons (Fsp3) is 0.529. The highest BCUT2D eigenvalue weighted by Gasteiger charge is 2.48. The SMILES string of the molecule is CCOc1cc(CCCNC(=O)[C@@H]2C[C@@H]2C(=O)O)ccc1OC. The van der Waals surface area contributed by atoms with E-state index in [9.17, 15) is 9.59 Å². The summed E-state index contributed by atoms with van der Waals surface area (Å²) in [5.41, 5.74) is 1.11. The smallest absolute Gasteiger partial charge is 0.307 e. The Bertz CT molecular complexity index is 572. The molecule has 6 heteroatoms. The van der Waals surface area contributed by atoms with Crippen LogP contribution in [0.4, 0.5) is 0 Å². The number of hydrogen-bond donors (Lipinski definition) is 2. The van der Waals surface area contributed by atoms with Crippen LogP contribution < -0.4 is 14.8 Å². The summed E-state index contributed by atoms with van der Waals surface area (Å²) in [4.78, 5) is 22.5. The quantitative estimate of drug-likeness (QED) is 0.678. The maximum atomic E-state index is 11.7. The molecule has 1 aliphatic rings. The molecule has 1 fully saturated rings. The monoisotopic (exact) mass is 321 g/mol. The normalized spacial score (nSPS) is 19.0. The third-order valence-corrected chi connectivity index (χ3v) is 3.91. The van der Waals surface area contributed by atoms with Crippen LogP contribution in [0, 0.1) is 11.8 Å². The van der Waals surface area contributed by atoms with Crippen LogP contribution in [-0.2, 0) is 16.0 Å². The van der Waals surface area contributed by atoms with Gasteiger partial charge in [0, 0.05) is 6.54 Å². The van der Waals surface area contributed by atoms with E-state index in [1.807, 2.05) is 25.1 Å². The number of carboxylic acids is 1. The molecule has 1 saturated carbocycles. The van der Waals surface area contributed by atoms with Gasteiger partial charge in [-0.15, -0.1) is 0 Å². The summed E-state index contributed by atoms with van der Waals surface area (Å²) < 4.78 is 10.8. The average molecular weight is 321 g/mol.